The van der Waals surface area contributed by atoms with E-state index in [2.05, 4.69) is 35.1 Å². The maximum atomic E-state index is 11.8. The molecule has 0 saturated heterocycles. The molecular formula is C12H18BrNOS. The van der Waals surface area contributed by atoms with Gasteiger partial charge >= 0.3 is 0 Å². The quantitative estimate of drug-likeness (QED) is 0.828. The van der Waals surface area contributed by atoms with Crippen LogP contribution in [0.25, 0.3) is 0 Å². The zero-order chi connectivity index (χ0) is 12.1. The number of hydrogen-bond acceptors (Lipinski definition) is 2. The third kappa shape index (κ3) is 4.26. The fourth-order valence-electron chi connectivity index (χ4n) is 1.49. The molecule has 1 heterocycles. The van der Waals surface area contributed by atoms with Crippen molar-refractivity contribution >= 4 is 33.2 Å². The Balaban J connectivity index is 2.39. The average Bonchev–Trinajstić information content (AvgIpc) is 2.60. The first-order chi connectivity index (χ1) is 7.50. The van der Waals surface area contributed by atoms with Gasteiger partial charge in [-0.15, -0.1) is 0 Å². The molecule has 0 radical (unpaired) electrons. The van der Waals surface area contributed by atoms with Crippen molar-refractivity contribution in [2.75, 3.05) is 6.54 Å². The van der Waals surface area contributed by atoms with E-state index in [-0.39, 0.29) is 5.91 Å². The number of amides is 1. The summed E-state index contributed by atoms with van der Waals surface area (Å²) in [4.78, 5) is 12.1. The summed E-state index contributed by atoms with van der Waals surface area (Å²) in [7, 11) is 0. The van der Waals surface area contributed by atoms with Crippen molar-refractivity contribution in [3.05, 3.63) is 21.9 Å². The summed E-state index contributed by atoms with van der Waals surface area (Å²) in [6, 6.07) is 0. The Labute approximate surface area is 110 Å². The highest BCUT2D eigenvalue weighted by Crippen LogP contribution is 2.14. The third-order valence-electron chi connectivity index (χ3n) is 2.31. The van der Waals surface area contributed by atoms with Crippen LogP contribution >= 0.6 is 27.3 Å². The molecule has 1 unspecified atom stereocenters. The van der Waals surface area contributed by atoms with E-state index in [0.29, 0.717) is 17.3 Å². The zero-order valence-electron chi connectivity index (χ0n) is 9.92. The summed E-state index contributed by atoms with van der Waals surface area (Å²) in [6.45, 7) is 7.01. The highest BCUT2D eigenvalue weighted by Gasteiger charge is 2.12. The fraction of sp³-hybridized carbons (Fsp3) is 0.583. The van der Waals surface area contributed by atoms with E-state index in [4.69, 9.17) is 0 Å². The lowest BCUT2D eigenvalue weighted by Gasteiger charge is -2.13. The van der Waals surface area contributed by atoms with Crippen molar-refractivity contribution in [3.63, 3.8) is 0 Å². The molecule has 16 heavy (non-hydrogen) atoms. The summed E-state index contributed by atoms with van der Waals surface area (Å²) in [6.07, 6.45) is 1.07. The molecule has 0 spiro atoms. The van der Waals surface area contributed by atoms with Gasteiger partial charge in [-0.3, -0.25) is 4.79 Å². The minimum atomic E-state index is 0.0342. The predicted octanol–water partition coefficient (Wildman–Crippen LogP) is 3.60. The molecule has 1 rings (SSSR count). The van der Waals surface area contributed by atoms with Crippen molar-refractivity contribution in [2.45, 2.75) is 32.0 Å². The summed E-state index contributed by atoms with van der Waals surface area (Å²) >= 11 is 5.14. The summed E-state index contributed by atoms with van der Waals surface area (Å²) < 4.78 is 0. The van der Waals surface area contributed by atoms with E-state index in [1.807, 2.05) is 17.7 Å². The predicted molar refractivity (Wildman–Crippen MR) is 73.6 cm³/mol. The summed E-state index contributed by atoms with van der Waals surface area (Å²) in [5, 5.41) is 6.85. The second-order valence-corrected chi connectivity index (χ2v) is 6.44. The summed E-state index contributed by atoms with van der Waals surface area (Å²) in [5.74, 6) is 0.677. The van der Waals surface area contributed by atoms with Gasteiger partial charge in [-0.2, -0.15) is 11.3 Å². The SMILES string of the molecule is Cc1cscc1C(=O)NCC(Br)CC(C)C. The number of thiophene rings is 1. The standard InChI is InChI=1S/C12H18BrNOS/c1-8(2)4-10(13)5-14-12(15)11-7-16-6-9(11)3/h6-8,10H,4-5H2,1-3H3,(H,14,15). The second-order valence-electron chi connectivity index (χ2n) is 4.41. The molecule has 1 amide bonds. The Morgan fingerprint density at radius 1 is 1.50 bits per heavy atom. The molecule has 1 aromatic heterocycles. The van der Waals surface area contributed by atoms with E-state index in [0.717, 1.165) is 17.5 Å². The number of hydrogen-bond donors (Lipinski definition) is 1. The van der Waals surface area contributed by atoms with Crippen molar-refractivity contribution in [1.82, 2.24) is 5.32 Å². The number of carbonyl (C=O) groups is 1. The largest absolute Gasteiger partial charge is 0.351 e. The number of nitrogens with one attached hydrogen (secondary N) is 1. The smallest absolute Gasteiger partial charge is 0.252 e. The molecule has 0 saturated carbocycles. The number of rotatable bonds is 5. The normalized spacial score (nSPS) is 12.8. The topological polar surface area (TPSA) is 29.1 Å². The Bertz CT molecular complexity index is 349. The fourth-order valence-corrected chi connectivity index (χ4v) is 3.22. The van der Waals surface area contributed by atoms with Gasteiger partial charge in [0.05, 0.1) is 5.56 Å². The lowest BCUT2D eigenvalue weighted by atomic mass is 10.1. The molecule has 0 aliphatic carbocycles. The molecule has 0 aliphatic heterocycles. The van der Waals surface area contributed by atoms with E-state index in [9.17, 15) is 4.79 Å². The monoisotopic (exact) mass is 303 g/mol. The molecule has 2 nitrogen and oxygen atoms in total. The first kappa shape index (κ1) is 13.7. The Kier molecular flexibility index (Phi) is 5.49. The molecular weight excluding hydrogens is 286 g/mol. The van der Waals surface area contributed by atoms with Crippen LogP contribution in [0.1, 0.15) is 36.2 Å². The van der Waals surface area contributed by atoms with Crippen molar-refractivity contribution in [1.29, 1.82) is 0 Å². The molecule has 0 aliphatic rings. The van der Waals surface area contributed by atoms with Crippen LogP contribution in [0.5, 0.6) is 0 Å². The molecule has 0 aromatic carbocycles. The minimum Gasteiger partial charge on any atom is -0.351 e. The van der Waals surface area contributed by atoms with Gasteiger partial charge in [0, 0.05) is 16.8 Å². The Hall–Kier alpha value is -0.350. The lowest BCUT2D eigenvalue weighted by Crippen LogP contribution is -2.30. The Morgan fingerprint density at radius 2 is 2.19 bits per heavy atom. The van der Waals surface area contributed by atoms with Crippen molar-refractivity contribution < 1.29 is 4.79 Å². The minimum absolute atomic E-state index is 0.0342. The van der Waals surface area contributed by atoms with Gasteiger partial charge in [0.2, 0.25) is 0 Å². The van der Waals surface area contributed by atoms with E-state index in [1.165, 1.54) is 0 Å². The van der Waals surface area contributed by atoms with Gasteiger partial charge in [0.15, 0.2) is 0 Å². The summed E-state index contributed by atoms with van der Waals surface area (Å²) in [5.41, 5.74) is 1.85. The average molecular weight is 304 g/mol. The molecule has 4 heteroatoms. The second kappa shape index (κ2) is 6.40. The van der Waals surface area contributed by atoms with E-state index < -0.39 is 0 Å². The van der Waals surface area contributed by atoms with E-state index in [1.54, 1.807) is 11.3 Å². The van der Waals surface area contributed by atoms with Crippen LogP contribution < -0.4 is 5.32 Å². The number of carbonyl (C=O) groups excluding carboxylic acids is 1. The van der Waals surface area contributed by atoms with Crippen LogP contribution in [0.3, 0.4) is 0 Å². The number of halogens is 1. The van der Waals surface area contributed by atoms with Gasteiger partial charge in [0.25, 0.3) is 5.91 Å². The Morgan fingerprint density at radius 3 is 2.69 bits per heavy atom. The van der Waals surface area contributed by atoms with Crippen LogP contribution in [0.4, 0.5) is 0 Å². The number of aryl methyl sites for hydroxylation is 1. The maximum absolute atomic E-state index is 11.8. The van der Waals surface area contributed by atoms with Crippen LogP contribution in [0, 0.1) is 12.8 Å². The molecule has 1 N–H and O–H groups in total. The van der Waals surface area contributed by atoms with Gasteiger partial charge in [-0.1, -0.05) is 29.8 Å². The lowest BCUT2D eigenvalue weighted by molar-refractivity contribution is 0.0953. The van der Waals surface area contributed by atoms with Gasteiger partial charge in [-0.25, -0.2) is 0 Å². The van der Waals surface area contributed by atoms with Crippen LogP contribution in [-0.4, -0.2) is 17.3 Å². The van der Waals surface area contributed by atoms with E-state index >= 15 is 0 Å². The molecule has 0 fully saturated rings. The van der Waals surface area contributed by atoms with Gasteiger partial charge in [-0.05, 0) is 30.2 Å². The van der Waals surface area contributed by atoms with Crippen LogP contribution in [0.15, 0.2) is 10.8 Å². The van der Waals surface area contributed by atoms with Crippen LogP contribution in [-0.2, 0) is 0 Å². The highest BCUT2D eigenvalue weighted by atomic mass is 79.9. The van der Waals surface area contributed by atoms with Crippen molar-refractivity contribution in [2.24, 2.45) is 5.92 Å². The maximum Gasteiger partial charge on any atom is 0.252 e. The first-order valence-corrected chi connectivity index (χ1v) is 7.31. The third-order valence-corrected chi connectivity index (χ3v) is 3.87. The van der Waals surface area contributed by atoms with Crippen molar-refractivity contribution in [3.8, 4) is 0 Å². The van der Waals surface area contributed by atoms with Gasteiger partial charge in [0.1, 0.15) is 0 Å². The zero-order valence-corrected chi connectivity index (χ0v) is 12.3. The first-order valence-electron chi connectivity index (χ1n) is 5.45. The van der Waals surface area contributed by atoms with Crippen LogP contribution in [0.2, 0.25) is 0 Å². The highest BCUT2D eigenvalue weighted by molar-refractivity contribution is 9.09. The molecule has 1 atom stereocenters. The molecule has 90 valence electrons. The molecule has 0 bridgehead atoms. The molecule has 1 aromatic rings. The number of alkyl halides is 1. The van der Waals surface area contributed by atoms with Gasteiger partial charge < -0.3 is 5.32 Å².